The second-order valence-electron chi connectivity index (χ2n) is 1.67. The van der Waals surface area contributed by atoms with E-state index in [2.05, 4.69) is 0 Å². The van der Waals surface area contributed by atoms with Crippen LogP contribution >= 0.6 is 0 Å². The van der Waals surface area contributed by atoms with Crippen LogP contribution in [0, 0.1) is 0 Å². The smallest absolute Gasteiger partial charge is 0.335 e. The number of hydrogen-bond donors (Lipinski definition) is 1. The van der Waals surface area contributed by atoms with Crippen molar-refractivity contribution in [2.24, 2.45) is 0 Å². The maximum absolute atomic E-state index is 10.2. The third kappa shape index (κ3) is 3.86. The van der Waals surface area contributed by atoms with Crippen molar-refractivity contribution in [2.75, 3.05) is 0 Å². The van der Waals surface area contributed by atoms with E-state index in [9.17, 15) is 4.79 Å². The van der Waals surface area contributed by atoms with Crippen molar-refractivity contribution in [1.82, 2.24) is 0 Å². The first-order valence-electron chi connectivity index (χ1n) is 2.59. The molecule has 0 atom stereocenters. The van der Waals surface area contributed by atoms with Crippen LogP contribution < -0.4 is 0 Å². The standard InChI is InChI=1S/C7H6O2.H2O.Zn/c8-7(9)6-4-2-1-3-5-6;;/h1-5H,(H,8,9);1H2;. The van der Waals surface area contributed by atoms with Gasteiger partial charge in [-0.1, -0.05) is 18.2 Å². The van der Waals surface area contributed by atoms with Crippen molar-refractivity contribution in [3.63, 3.8) is 0 Å². The summed E-state index contributed by atoms with van der Waals surface area (Å²) in [5.41, 5.74) is 0.331. The van der Waals surface area contributed by atoms with Crippen LogP contribution in [0.4, 0.5) is 0 Å². The first-order valence-corrected chi connectivity index (χ1v) is 2.59. The zero-order valence-electron chi connectivity index (χ0n) is 5.95. The minimum absolute atomic E-state index is 0. The Morgan fingerprint density at radius 2 is 1.64 bits per heavy atom. The van der Waals surface area contributed by atoms with E-state index >= 15 is 0 Å². The third-order valence-electron chi connectivity index (χ3n) is 1.02. The summed E-state index contributed by atoms with van der Waals surface area (Å²) in [7, 11) is 0. The van der Waals surface area contributed by atoms with Crippen LogP contribution in [0.3, 0.4) is 0 Å². The van der Waals surface area contributed by atoms with E-state index in [1.807, 2.05) is 0 Å². The number of rotatable bonds is 1. The number of aromatic carboxylic acids is 1. The zero-order chi connectivity index (χ0) is 6.69. The quantitative estimate of drug-likeness (QED) is 0.681. The van der Waals surface area contributed by atoms with Crippen LogP contribution in [0.25, 0.3) is 0 Å². The molecule has 0 fully saturated rings. The third-order valence-corrected chi connectivity index (χ3v) is 1.02. The summed E-state index contributed by atoms with van der Waals surface area (Å²) >= 11 is 0. The molecule has 3 N–H and O–H groups in total. The molecule has 1 aromatic carbocycles. The average molecular weight is 206 g/mol. The van der Waals surface area contributed by atoms with Crippen LogP contribution in [0.2, 0.25) is 0 Å². The molecule has 1 aromatic rings. The van der Waals surface area contributed by atoms with Gasteiger partial charge in [-0.25, -0.2) is 4.79 Å². The van der Waals surface area contributed by atoms with E-state index in [1.54, 1.807) is 30.3 Å². The summed E-state index contributed by atoms with van der Waals surface area (Å²) in [6.45, 7) is 0. The van der Waals surface area contributed by atoms with Crippen molar-refractivity contribution in [3.05, 3.63) is 35.9 Å². The topological polar surface area (TPSA) is 68.8 Å². The Balaban J connectivity index is 0. The summed E-state index contributed by atoms with van der Waals surface area (Å²) in [5.74, 6) is -0.879. The molecule has 0 heterocycles. The average Bonchev–Trinajstić information content (AvgIpc) is 1.90. The molecule has 0 amide bonds. The van der Waals surface area contributed by atoms with Gasteiger partial charge in [0, 0.05) is 19.5 Å². The van der Waals surface area contributed by atoms with Gasteiger partial charge in [0.25, 0.3) is 0 Å². The minimum Gasteiger partial charge on any atom is -0.478 e. The van der Waals surface area contributed by atoms with Gasteiger partial charge < -0.3 is 10.6 Å². The fourth-order valence-corrected chi connectivity index (χ4v) is 0.581. The molecule has 0 aromatic heterocycles. The summed E-state index contributed by atoms with van der Waals surface area (Å²) in [5, 5.41) is 8.38. The first-order chi connectivity index (χ1) is 4.30. The van der Waals surface area contributed by atoms with Gasteiger partial charge in [0.15, 0.2) is 0 Å². The van der Waals surface area contributed by atoms with Gasteiger partial charge >= 0.3 is 5.97 Å². The molecule has 0 unspecified atom stereocenters. The molecular weight excluding hydrogens is 197 g/mol. The van der Waals surface area contributed by atoms with E-state index < -0.39 is 5.97 Å². The Morgan fingerprint density at radius 3 is 1.91 bits per heavy atom. The molecule has 0 spiro atoms. The van der Waals surface area contributed by atoms with Gasteiger partial charge in [-0.05, 0) is 12.1 Å². The largest absolute Gasteiger partial charge is 0.478 e. The van der Waals surface area contributed by atoms with Gasteiger partial charge in [0.05, 0.1) is 5.56 Å². The van der Waals surface area contributed by atoms with Gasteiger partial charge in [-0.15, -0.1) is 0 Å². The fourth-order valence-electron chi connectivity index (χ4n) is 0.581. The molecule has 3 nitrogen and oxygen atoms in total. The van der Waals surface area contributed by atoms with E-state index in [0.717, 1.165) is 0 Å². The molecule has 0 saturated heterocycles. The van der Waals surface area contributed by atoms with E-state index in [-0.39, 0.29) is 25.0 Å². The van der Waals surface area contributed by atoms with E-state index in [4.69, 9.17) is 5.11 Å². The Hall–Kier alpha value is -0.727. The van der Waals surface area contributed by atoms with Gasteiger partial charge in [-0.3, -0.25) is 0 Å². The molecule has 0 saturated carbocycles. The SMILES string of the molecule is O.O=C(O)c1ccccc1.[Zn]. The molecule has 0 aliphatic carbocycles. The molecule has 1 rings (SSSR count). The van der Waals surface area contributed by atoms with Crippen molar-refractivity contribution < 1.29 is 34.9 Å². The van der Waals surface area contributed by atoms with Crippen molar-refractivity contribution >= 4 is 5.97 Å². The fraction of sp³-hybridized carbons (Fsp3) is 0. The van der Waals surface area contributed by atoms with Gasteiger partial charge in [0.2, 0.25) is 0 Å². The Labute approximate surface area is 77.1 Å². The second-order valence-corrected chi connectivity index (χ2v) is 1.67. The van der Waals surface area contributed by atoms with Crippen molar-refractivity contribution in [2.45, 2.75) is 0 Å². The van der Waals surface area contributed by atoms with Gasteiger partial charge in [0.1, 0.15) is 0 Å². The van der Waals surface area contributed by atoms with Crippen LogP contribution in [0.5, 0.6) is 0 Å². The van der Waals surface area contributed by atoms with Gasteiger partial charge in [-0.2, -0.15) is 0 Å². The second kappa shape index (κ2) is 6.01. The summed E-state index contributed by atoms with van der Waals surface area (Å²) in [6.07, 6.45) is 0. The molecule has 0 aliphatic rings. The van der Waals surface area contributed by atoms with E-state index in [1.165, 1.54) is 0 Å². The number of carbonyl (C=O) groups is 1. The Bertz CT molecular complexity index is 210. The molecule has 11 heavy (non-hydrogen) atoms. The minimum atomic E-state index is -0.879. The van der Waals surface area contributed by atoms with Crippen molar-refractivity contribution in [1.29, 1.82) is 0 Å². The number of carboxylic acids is 1. The number of carboxylic acid groups (broad SMARTS) is 1. The number of hydrogen-bond acceptors (Lipinski definition) is 1. The predicted octanol–water partition coefficient (Wildman–Crippen LogP) is 0.558. The normalized spacial score (nSPS) is 7.27. The monoisotopic (exact) mass is 204 g/mol. The zero-order valence-corrected chi connectivity index (χ0v) is 8.92. The maximum atomic E-state index is 10.2. The Kier molecular flexibility index (Phi) is 7.06. The molecule has 56 valence electrons. The van der Waals surface area contributed by atoms with Crippen LogP contribution in [0.1, 0.15) is 10.4 Å². The molecule has 0 aliphatic heterocycles. The van der Waals surface area contributed by atoms with Crippen LogP contribution in [-0.4, -0.2) is 16.6 Å². The molecule has 4 heteroatoms. The van der Waals surface area contributed by atoms with E-state index in [0.29, 0.717) is 5.56 Å². The molecule has 0 bridgehead atoms. The predicted molar refractivity (Wildman–Crippen MR) is 37.0 cm³/mol. The first kappa shape index (κ1) is 12.9. The molecular formula is C7H8O3Zn. The van der Waals surface area contributed by atoms with Crippen molar-refractivity contribution in [3.8, 4) is 0 Å². The summed E-state index contributed by atoms with van der Waals surface area (Å²) in [4.78, 5) is 10.2. The molecule has 0 radical (unpaired) electrons. The maximum Gasteiger partial charge on any atom is 0.335 e. The summed E-state index contributed by atoms with van der Waals surface area (Å²) < 4.78 is 0. The van der Waals surface area contributed by atoms with Crippen LogP contribution in [-0.2, 0) is 19.5 Å². The number of benzene rings is 1. The Morgan fingerprint density at radius 1 is 1.18 bits per heavy atom. The van der Waals surface area contributed by atoms with Crippen LogP contribution in [0.15, 0.2) is 30.3 Å². The summed E-state index contributed by atoms with van der Waals surface area (Å²) in [6, 6.07) is 8.30.